The fraction of sp³-hybridized carbons (Fsp3) is 0.304. The second kappa shape index (κ2) is 9.31. The van der Waals surface area contributed by atoms with Crippen LogP contribution in [0.1, 0.15) is 39.5 Å². The summed E-state index contributed by atoms with van der Waals surface area (Å²) in [6, 6.07) is 17.7. The Morgan fingerprint density at radius 3 is 2.62 bits per heavy atom. The molecule has 6 heteroatoms. The van der Waals surface area contributed by atoms with Crippen molar-refractivity contribution in [1.29, 1.82) is 0 Å². The Balaban J connectivity index is 1.72. The molecule has 3 aromatic rings. The molecule has 0 unspecified atom stereocenters. The maximum Gasteiger partial charge on any atom is 0.256 e. The minimum Gasteiger partial charge on any atom is -0.370 e. The number of ether oxygens (including phenoxy) is 1. The lowest BCUT2D eigenvalue weighted by Gasteiger charge is -2.31. The summed E-state index contributed by atoms with van der Waals surface area (Å²) in [6.07, 6.45) is 2.78. The monoisotopic (exact) mass is 408 g/mol. The highest BCUT2D eigenvalue weighted by Crippen LogP contribution is 2.35. The van der Waals surface area contributed by atoms with E-state index in [1.807, 2.05) is 48.7 Å². The van der Waals surface area contributed by atoms with Gasteiger partial charge >= 0.3 is 0 Å². The highest BCUT2D eigenvalue weighted by atomic mass is 32.1. The molecule has 0 spiro atoms. The van der Waals surface area contributed by atoms with E-state index in [1.54, 1.807) is 11.3 Å². The molecule has 1 amide bonds. The van der Waals surface area contributed by atoms with Crippen LogP contribution in [0.25, 0.3) is 0 Å². The van der Waals surface area contributed by atoms with Crippen molar-refractivity contribution < 1.29 is 14.4 Å². The molecule has 1 aliphatic heterocycles. The lowest BCUT2D eigenvalue weighted by molar-refractivity contribution is -0.933. The molecular weight excluding hydrogens is 382 g/mol. The molecular formula is C23H26N3O2S+. The van der Waals surface area contributed by atoms with Crippen LogP contribution < -0.4 is 10.2 Å². The van der Waals surface area contributed by atoms with Gasteiger partial charge in [-0.25, -0.2) is 0 Å². The largest absolute Gasteiger partial charge is 0.370 e. The second-order valence-electron chi connectivity index (χ2n) is 7.13. The van der Waals surface area contributed by atoms with Gasteiger partial charge in [0.1, 0.15) is 23.8 Å². The fourth-order valence-corrected chi connectivity index (χ4v) is 4.80. The van der Waals surface area contributed by atoms with E-state index in [0.717, 1.165) is 49.0 Å². The molecule has 3 heterocycles. The molecule has 29 heavy (non-hydrogen) atoms. The number of thiophene rings is 1. The maximum atomic E-state index is 12.9. The van der Waals surface area contributed by atoms with Gasteiger partial charge in [0.25, 0.3) is 5.91 Å². The number of carbonyl (C=O) groups is 1. The van der Waals surface area contributed by atoms with Crippen LogP contribution in [0.3, 0.4) is 0 Å². The number of anilines is 1. The molecule has 2 aromatic heterocycles. The average Bonchev–Trinajstić information content (AvgIpc) is 3.18. The molecule has 0 aliphatic carbocycles. The van der Waals surface area contributed by atoms with Gasteiger partial charge in [-0.05, 0) is 36.8 Å². The number of aromatic nitrogens is 1. The topological polar surface area (TPSA) is 55.7 Å². The molecule has 150 valence electrons. The van der Waals surface area contributed by atoms with Crippen molar-refractivity contribution in [3.8, 4) is 0 Å². The molecule has 1 fully saturated rings. The summed E-state index contributed by atoms with van der Waals surface area (Å²) in [5, 5.41) is 4.10. The number of benzene rings is 1. The first kappa shape index (κ1) is 19.8. The van der Waals surface area contributed by atoms with Gasteiger partial charge in [-0.2, -0.15) is 0 Å². The van der Waals surface area contributed by atoms with Gasteiger partial charge < -0.3 is 15.0 Å². The van der Waals surface area contributed by atoms with E-state index in [9.17, 15) is 4.79 Å². The quantitative estimate of drug-likeness (QED) is 0.659. The number of amides is 1. The number of hydrogen-bond donors (Lipinski definition) is 2. The van der Waals surface area contributed by atoms with Crippen LogP contribution in [0, 0.1) is 0 Å². The lowest BCUT2D eigenvalue weighted by Crippen LogP contribution is -3.14. The zero-order chi connectivity index (χ0) is 20.1. The van der Waals surface area contributed by atoms with Crippen LogP contribution in [-0.2, 0) is 11.2 Å². The fourth-order valence-electron chi connectivity index (χ4n) is 3.77. The molecule has 0 saturated carbocycles. The number of nitrogens with one attached hydrogen (secondary N) is 2. The Morgan fingerprint density at radius 1 is 1.17 bits per heavy atom. The van der Waals surface area contributed by atoms with Gasteiger partial charge in [0, 0.05) is 16.6 Å². The van der Waals surface area contributed by atoms with Crippen LogP contribution in [0.4, 0.5) is 5.00 Å². The van der Waals surface area contributed by atoms with E-state index in [1.165, 1.54) is 9.78 Å². The van der Waals surface area contributed by atoms with Crippen molar-refractivity contribution in [2.24, 2.45) is 0 Å². The van der Waals surface area contributed by atoms with Crippen LogP contribution in [0.5, 0.6) is 0 Å². The normalized spacial score (nSPS) is 15.8. The van der Waals surface area contributed by atoms with E-state index >= 15 is 0 Å². The number of pyridine rings is 1. The third kappa shape index (κ3) is 4.56. The summed E-state index contributed by atoms with van der Waals surface area (Å²) in [4.78, 5) is 20.2. The second-order valence-corrected chi connectivity index (χ2v) is 8.27. The molecule has 4 rings (SSSR count). The van der Waals surface area contributed by atoms with E-state index < -0.39 is 0 Å². The summed E-state index contributed by atoms with van der Waals surface area (Å²) in [5.41, 5.74) is 2.84. The van der Waals surface area contributed by atoms with Crippen molar-refractivity contribution in [2.75, 3.05) is 31.6 Å². The van der Waals surface area contributed by atoms with Crippen LogP contribution >= 0.6 is 11.3 Å². The zero-order valence-corrected chi connectivity index (χ0v) is 17.4. The van der Waals surface area contributed by atoms with Crippen molar-refractivity contribution in [2.45, 2.75) is 19.4 Å². The highest BCUT2D eigenvalue weighted by Gasteiger charge is 2.32. The summed E-state index contributed by atoms with van der Waals surface area (Å²) in [5.74, 6) is -0.0758. The SMILES string of the molecule is CCc1cc([C@@H](c2ccccn2)[NH+]2CCOCC2)c(NC(=O)c2ccccc2)s1. The van der Waals surface area contributed by atoms with Gasteiger partial charge in [0.05, 0.1) is 18.8 Å². The van der Waals surface area contributed by atoms with Gasteiger partial charge in [0.15, 0.2) is 6.04 Å². The number of morpholine rings is 1. The predicted molar refractivity (Wildman–Crippen MR) is 116 cm³/mol. The number of aryl methyl sites for hydroxylation is 1. The Bertz CT molecular complexity index is 937. The van der Waals surface area contributed by atoms with Crippen LogP contribution in [0.2, 0.25) is 0 Å². The average molecular weight is 409 g/mol. The van der Waals surface area contributed by atoms with E-state index in [0.29, 0.717) is 5.56 Å². The number of nitrogens with zero attached hydrogens (tertiary/aromatic N) is 1. The standard InChI is InChI=1S/C23H25N3O2S/c1-2-18-16-19(23(29-18)25-22(27)17-8-4-3-5-9-17)21(20-10-6-7-11-24-20)26-12-14-28-15-13-26/h3-11,16,21H,2,12-15H2,1H3,(H,25,27)/p+1/t21-/m0/s1. The molecule has 1 aromatic carbocycles. The van der Waals surface area contributed by atoms with Gasteiger partial charge in [-0.15, -0.1) is 11.3 Å². The van der Waals surface area contributed by atoms with Crippen LogP contribution in [0.15, 0.2) is 60.8 Å². The molecule has 0 bridgehead atoms. The summed E-state index contributed by atoms with van der Waals surface area (Å²) < 4.78 is 5.59. The third-order valence-electron chi connectivity index (χ3n) is 5.26. The summed E-state index contributed by atoms with van der Waals surface area (Å²) in [7, 11) is 0. The van der Waals surface area contributed by atoms with E-state index in [4.69, 9.17) is 4.74 Å². The number of hydrogen-bond acceptors (Lipinski definition) is 4. The zero-order valence-electron chi connectivity index (χ0n) is 16.6. The minimum atomic E-state index is -0.0758. The summed E-state index contributed by atoms with van der Waals surface area (Å²) in [6.45, 7) is 5.48. The van der Waals surface area contributed by atoms with Crippen molar-refractivity contribution in [1.82, 2.24) is 4.98 Å². The Hall–Kier alpha value is -2.54. The van der Waals surface area contributed by atoms with Crippen molar-refractivity contribution in [3.63, 3.8) is 0 Å². The Kier molecular flexibility index (Phi) is 6.34. The van der Waals surface area contributed by atoms with Crippen LogP contribution in [-0.4, -0.2) is 37.2 Å². The molecule has 1 saturated heterocycles. The Morgan fingerprint density at radius 2 is 1.93 bits per heavy atom. The lowest BCUT2D eigenvalue weighted by atomic mass is 10.0. The Labute approximate surface area is 175 Å². The first-order valence-electron chi connectivity index (χ1n) is 10.1. The van der Waals surface area contributed by atoms with E-state index in [2.05, 4.69) is 29.4 Å². The van der Waals surface area contributed by atoms with Crippen molar-refractivity contribution >= 4 is 22.2 Å². The first-order valence-corrected chi connectivity index (χ1v) is 10.9. The molecule has 2 N–H and O–H groups in total. The predicted octanol–water partition coefficient (Wildman–Crippen LogP) is 2.96. The van der Waals surface area contributed by atoms with Crippen molar-refractivity contribution in [3.05, 3.63) is 82.5 Å². The number of rotatable bonds is 6. The third-order valence-corrected chi connectivity index (χ3v) is 6.47. The summed E-state index contributed by atoms with van der Waals surface area (Å²) >= 11 is 1.67. The number of carbonyl (C=O) groups excluding carboxylic acids is 1. The number of quaternary nitrogens is 1. The molecule has 5 nitrogen and oxygen atoms in total. The molecule has 1 atom stereocenters. The molecule has 0 radical (unpaired) electrons. The van der Waals surface area contributed by atoms with Gasteiger partial charge in [-0.1, -0.05) is 31.2 Å². The first-order chi connectivity index (χ1) is 14.3. The molecule has 1 aliphatic rings. The van der Waals surface area contributed by atoms with Gasteiger partial charge in [-0.3, -0.25) is 9.78 Å². The smallest absolute Gasteiger partial charge is 0.256 e. The highest BCUT2D eigenvalue weighted by molar-refractivity contribution is 7.16. The van der Waals surface area contributed by atoms with Gasteiger partial charge in [0.2, 0.25) is 0 Å². The minimum absolute atomic E-state index is 0.0720. The van der Waals surface area contributed by atoms with E-state index in [-0.39, 0.29) is 11.9 Å². The maximum absolute atomic E-state index is 12.9.